The van der Waals surface area contributed by atoms with Crippen molar-refractivity contribution in [2.75, 3.05) is 20.8 Å². The van der Waals surface area contributed by atoms with Gasteiger partial charge in [0.1, 0.15) is 5.54 Å². The molecule has 1 aliphatic heterocycles. The average Bonchev–Trinajstić information content (AvgIpc) is 2.37. The normalized spacial score (nSPS) is 22.5. The highest BCUT2D eigenvalue weighted by Crippen LogP contribution is 2.37. The van der Waals surface area contributed by atoms with Crippen LogP contribution in [-0.4, -0.2) is 20.8 Å². The van der Waals surface area contributed by atoms with Crippen molar-refractivity contribution >= 4 is 0 Å². The summed E-state index contributed by atoms with van der Waals surface area (Å²) in [5.74, 6) is 1.38. The van der Waals surface area contributed by atoms with E-state index in [9.17, 15) is 5.26 Å². The van der Waals surface area contributed by atoms with Gasteiger partial charge in [0.15, 0.2) is 11.5 Å². The smallest absolute Gasteiger partial charge is 0.161 e. The van der Waals surface area contributed by atoms with Gasteiger partial charge in [0, 0.05) is 6.54 Å². The fourth-order valence-electron chi connectivity index (χ4n) is 2.24. The Kier molecular flexibility index (Phi) is 2.95. The number of fused-ring (bicyclic) bond motifs is 1. The van der Waals surface area contributed by atoms with E-state index in [0.29, 0.717) is 11.5 Å². The number of ether oxygens (including phenoxy) is 2. The predicted octanol–water partition coefficient (Wildman–Crippen LogP) is 1.59. The second-order valence-corrected chi connectivity index (χ2v) is 4.28. The summed E-state index contributed by atoms with van der Waals surface area (Å²) in [6.07, 6.45) is 0.896. The van der Waals surface area contributed by atoms with Crippen molar-refractivity contribution in [3.8, 4) is 17.6 Å². The van der Waals surface area contributed by atoms with Crippen LogP contribution in [0.2, 0.25) is 0 Å². The van der Waals surface area contributed by atoms with E-state index in [1.54, 1.807) is 14.2 Å². The molecule has 1 N–H and O–H groups in total. The Morgan fingerprint density at radius 2 is 1.94 bits per heavy atom. The van der Waals surface area contributed by atoms with Crippen LogP contribution < -0.4 is 14.8 Å². The highest BCUT2D eigenvalue weighted by Gasteiger charge is 2.32. The molecular formula is C13H16N2O2. The molecule has 0 saturated carbocycles. The summed E-state index contributed by atoms with van der Waals surface area (Å²) in [5.41, 5.74) is 1.47. The fourth-order valence-corrected chi connectivity index (χ4v) is 2.24. The number of hydrogen-bond donors (Lipinski definition) is 1. The highest BCUT2D eigenvalue weighted by atomic mass is 16.5. The summed E-state index contributed by atoms with van der Waals surface area (Å²) >= 11 is 0. The van der Waals surface area contributed by atoms with Gasteiger partial charge >= 0.3 is 0 Å². The lowest BCUT2D eigenvalue weighted by Crippen LogP contribution is -2.43. The van der Waals surface area contributed by atoms with Crippen LogP contribution in [0, 0.1) is 11.3 Å². The lowest BCUT2D eigenvalue weighted by Gasteiger charge is -2.31. The fraction of sp³-hybridized carbons (Fsp3) is 0.462. The van der Waals surface area contributed by atoms with Gasteiger partial charge < -0.3 is 9.47 Å². The maximum Gasteiger partial charge on any atom is 0.161 e. The molecule has 17 heavy (non-hydrogen) atoms. The van der Waals surface area contributed by atoms with Gasteiger partial charge in [-0.3, -0.25) is 5.32 Å². The lowest BCUT2D eigenvalue weighted by molar-refractivity contribution is 0.350. The molecule has 0 aliphatic carbocycles. The first kappa shape index (κ1) is 11.7. The maximum atomic E-state index is 9.30. The number of benzene rings is 1. The molecule has 90 valence electrons. The molecule has 0 spiro atoms. The molecule has 2 rings (SSSR count). The van der Waals surface area contributed by atoms with Crippen LogP contribution in [0.15, 0.2) is 12.1 Å². The van der Waals surface area contributed by atoms with Crippen molar-refractivity contribution in [3.05, 3.63) is 23.3 Å². The maximum absolute atomic E-state index is 9.30. The quantitative estimate of drug-likeness (QED) is 0.841. The van der Waals surface area contributed by atoms with Gasteiger partial charge in [0.05, 0.1) is 20.3 Å². The van der Waals surface area contributed by atoms with E-state index in [4.69, 9.17) is 9.47 Å². The van der Waals surface area contributed by atoms with Gasteiger partial charge in [-0.25, -0.2) is 0 Å². The molecular weight excluding hydrogens is 216 g/mol. The first-order valence-corrected chi connectivity index (χ1v) is 5.56. The summed E-state index contributed by atoms with van der Waals surface area (Å²) < 4.78 is 10.6. The van der Waals surface area contributed by atoms with Crippen LogP contribution >= 0.6 is 0 Å². The van der Waals surface area contributed by atoms with Gasteiger partial charge in [-0.15, -0.1) is 0 Å². The molecule has 0 saturated heterocycles. The number of nitriles is 1. The monoisotopic (exact) mass is 232 g/mol. The predicted molar refractivity (Wildman–Crippen MR) is 64.2 cm³/mol. The summed E-state index contributed by atoms with van der Waals surface area (Å²) in [6, 6.07) is 6.17. The van der Waals surface area contributed by atoms with Crippen molar-refractivity contribution in [2.24, 2.45) is 0 Å². The molecule has 4 nitrogen and oxygen atoms in total. The third kappa shape index (κ3) is 1.83. The number of methoxy groups -OCH3 is 2. The number of rotatable bonds is 2. The Morgan fingerprint density at radius 3 is 2.53 bits per heavy atom. The molecule has 0 amide bonds. The minimum atomic E-state index is -0.646. The molecule has 1 unspecified atom stereocenters. The zero-order valence-corrected chi connectivity index (χ0v) is 10.3. The Labute approximate surface area is 101 Å². The average molecular weight is 232 g/mol. The summed E-state index contributed by atoms with van der Waals surface area (Å²) in [5, 5.41) is 12.5. The first-order valence-electron chi connectivity index (χ1n) is 5.56. The molecule has 0 bridgehead atoms. The molecule has 0 fully saturated rings. The van der Waals surface area contributed by atoms with Crippen LogP contribution in [0.1, 0.15) is 18.1 Å². The molecule has 0 aromatic heterocycles. The van der Waals surface area contributed by atoms with E-state index in [1.807, 2.05) is 19.1 Å². The second kappa shape index (κ2) is 4.27. The summed E-state index contributed by atoms with van der Waals surface area (Å²) in [4.78, 5) is 0. The molecule has 1 atom stereocenters. The topological polar surface area (TPSA) is 54.3 Å². The van der Waals surface area contributed by atoms with Gasteiger partial charge in [-0.1, -0.05) is 0 Å². The van der Waals surface area contributed by atoms with Crippen molar-refractivity contribution in [3.63, 3.8) is 0 Å². The molecule has 1 aromatic rings. The van der Waals surface area contributed by atoms with Gasteiger partial charge in [-0.2, -0.15) is 5.26 Å². The van der Waals surface area contributed by atoms with Gasteiger partial charge in [0.25, 0.3) is 0 Å². The van der Waals surface area contributed by atoms with Crippen LogP contribution in [0.5, 0.6) is 11.5 Å². The van der Waals surface area contributed by atoms with Gasteiger partial charge in [-0.05, 0) is 36.6 Å². The van der Waals surface area contributed by atoms with E-state index >= 15 is 0 Å². The minimum Gasteiger partial charge on any atom is -0.493 e. The third-order valence-corrected chi connectivity index (χ3v) is 3.24. The zero-order chi connectivity index (χ0) is 12.5. The standard InChI is InChI=1S/C13H16N2O2/c1-13(8-14)10-7-12(17-3)11(16-2)6-9(10)4-5-15-13/h6-7,15H,4-5H2,1-3H3. The van der Waals surface area contributed by atoms with Crippen molar-refractivity contribution in [1.29, 1.82) is 5.26 Å². The third-order valence-electron chi connectivity index (χ3n) is 3.24. The largest absolute Gasteiger partial charge is 0.493 e. The minimum absolute atomic E-state index is 0.646. The Balaban J connectivity index is 2.60. The van der Waals surface area contributed by atoms with Crippen molar-refractivity contribution in [1.82, 2.24) is 5.32 Å². The lowest BCUT2D eigenvalue weighted by atomic mass is 9.84. The van der Waals surface area contributed by atoms with E-state index in [1.165, 1.54) is 0 Å². The SMILES string of the molecule is COc1cc2c(cc1OC)C(C)(C#N)NCC2. The van der Waals surface area contributed by atoms with E-state index in [-0.39, 0.29) is 0 Å². The van der Waals surface area contributed by atoms with E-state index in [0.717, 1.165) is 24.1 Å². The van der Waals surface area contributed by atoms with Crippen LogP contribution in [0.4, 0.5) is 0 Å². The molecule has 1 aromatic carbocycles. The summed E-state index contributed by atoms with van der Waals surface area (Å²) in [6.45, 7) is 2.68. The summed E-state index contributed by atoms with van der Waals surface area (Å²) in [7, 11) is 3.22. The number of nitrogens with one attached hydrogen (secondary N) is 1. The van der Waals surface area contributed by atoms with Crippen LogP contribution in [-0.2, 0) is 12.0 Å². The van der Waals surface area contributed by atoms with Crippen LogP contribution in [0.3, 0.4) is 0 Å². The Bertz CT molecular complexity index is 479. The first-order chi connectivity index (χ1) is 8.14. The Hall–Kier alpha value is -1.73. The van der Waals surface area contributed by atoms with E-state index in [2.05, 4.69) is 11.4 Å². The molecule has 4 heteroatoms. The van der Waals surface area contributed by atoms with Crippen molar-refractivity contribution in [2.45, 2.75) is 18.9 Å². The number of nitrogens with zero attached hydrogens (tertiary/aromatic N) is 1. The van der Waals surface area contributed by atoms with Gasteiger partial charge in [0.2, 0.25) is 0 Å². The molecule has 1 aliphatic rings. The highest BCUT2D eigenvalue weighted by molar-refractivity contribution is 5.52. The van der Waals surface area contributed by atoms with Crippen LogP contribution in [0.25, 0.3) is 0 Å². The number of hydrogen-bond acceptors (Lipinski definition) is 4. The Morgan fingerprint density at radius 1 is 1.29 bits per heavy atom. The van der Waals surface area contributed by atoms with E-state index < -0.39 is 5.54 Å². The molecule has 0 radical (unpaired) electrons. The van der Waals surface area contributed by atoms with Crippen molar-refractivity contribution < 1.29 is 9.47 Å². The second-order valence-electron chi connectivity index (χ2n) is 4.28. The molecule has 1 heterocycles. The zero-order valence-electron chi connectivity index (χ0n) is 10.3.